The molecule has 0 bridgehead atoms. The van der Waals surface area contributed by atoms with Crippen LogP contribution in [0.5, 0.6) is 0 Å². The predicted molar refractivity (Wildman–Crippen MR) is 91.2 cm³/mol. The zero-order chi connectivity index (χ0) is 16.2. The molecule has 0 heterocycles. The Morgan fingerprint density at radius 1 is 1.27 bits per heavy atom. The molecule has 0 radical (unpaired) electrons. The third-order valence-corrected chi connectivity index (χ3v) is 4.98. The number of amides is 2. The van der Waals surface area contributed by atoms with Crippen LogP contribution in [0.25, 0.3) is 0 Å². The van der Waals surface area contributed by atoms with E-state index >= 15 is 0 Å². The Balaban J connectivity index is 1.80. The fourth-order valence-electron chi connectivity index (χ4n) is 2.44. The lowest BCUT2D eigenvalue weighted by Crippen LogP contribution is -2.50. The Hall–Kier alpha value is -1.20. The van der Waals surface area contributed by atoms with E-state index in [1.807, 2.05) is 18.7 Å². The summed E-state index contributed by atoms with van der Waals surface area (Å²) in [6.45, 7) is 6.63. The third-order valence-electron chi connectivity index (χ3n) is 3.96. The summed E-state index contributed by atoms with van der Waals surface area (Å²) in [4.78, 5) is 13.1. The quantitative estimate of drug-likeness (QED) is 0.703. The van der Waals surface area contributed by atoms with Crippen molar-refractivity contribution in [2.24, 2.45) is 0 Å². The molecule has 1 aromatic rings. The fourth-order valence-corrected chi connectivity index (χ4v) is 3.28. The van der Waals surface area contributed by atoms with Crippen LogP contribution in [0.2, 0.25) is 0 Å². The summed E-state index contributed by atoms with van der Waals surface area (Å²) in [5.41, 5.74) is 0.390. The van der Waals surface area contributed by atoms with Crippen LogP contribution in [0.3, 0.4) is 0 Å². The van der Waals surface area contributed by atoms with Gasteiger partial charge in [0.15, 0.2) is 0 Å². The highest BCUT2D eigenvalue weighted by Crippen LogP contribution is 2.30. The summed E-state index contributed by atoms with van der Waals surface area (Å²) in [7, 11) is 0. The molecule has 1 atom stereocenters. The number of aliphatic hydroxyl groups is 1. The standard InChI is InChI=1S/C17H26N2O2S/c1-12(2)22-15-7-5-14(6-8-15)13(3)19-16(20)18-11-17(21)9-4-10-17/h5-8,12-13,21H,4,9-11H2,1-3H3,(H2,18,19,20). The average molecular weight is 322 g/mol. The molecule has 1 fully saturated rings. The average Bonchev–Trinajstić information content (AvgIpc) is 2.43. The van der Waals surface area contributed by atoms with E-state index in [9.17, 15) is 9.90 Å². The van der Waals surface area contributed by atoms with Crippen molar-refractivity contribution in [2.45, 2.75) is 61.8 Å². The molecule has 2 amide bonds. The van der Waals surface area contributed by atoms with E-state index in [-0.39, 0.29) is 12.1 Å². The van der Waals surface area contributed by atoms with Gasteiger partial charge in [-0.05, 0) is 43.9 Å². The summed E-state index contributed by atoms with van der Waals surface area (Å²) in [6.07, 6.45) is 2.59. The second kappa shape index (κ2) is 7.38. The molecular weight excluding hydrogens is 296 g/mol. The first-order valence-corrected chi connectivity index (χ1v) is 8.79. The van der Waals surface area contributed by atoms with Gasteiger partial charge in [-0.2, -0.15) is 0 Å². The molecule has 1 aliphatic rings. The molecular formula is C17H26N2O2S. The number of benzene rings is 1. The Labute approximate surface area is 137 Å². The van der Waals surface area contributed by atoms with Gasteiger partial charge in [-0.25, -0.2) is 4.79 Å². The Kier molecular flexibility index (Phi) is 5.75. The lowest BCUT2D eigenvalue weighted by Gasteiger charge is -2.36. The Morgan fingerprint density at radius 3 is 2.41 bits per heavy atom. The van der Waals surface area contributed by atoms with E-state index in [2.05, 4.69) is 48.7 Å². The number of carbonyl (C=O) groups is 1. The first-order chi connectivity index (χ1) is 10.4. The maximum absolute atomic E-state index is 11.9. The summed E-state index contributed by atoms with van der Waals surface area (Å²) in [5, 5.41) is 16.2. The second-order valence-electron chi connectivity index (χ2n) is 6.36. The molecule has 4 nitrogen and oxygen atoms in total. The topological polar surface area (TPSA) is 61.4 Å². The molecule has 0 spiro atoms. The molecule has 1 saturated carbocycles. The first kappa shape index (κ1) is 17.2. The minimum Gasteiger partial charge on any atom is -0.388 e. The zero-order valence-corrected chi connectivity index (χ0v) is 14.4. The van der Waals surface area contributed by atoms with Crippen molar-refractivity contribution >= 4 is 17.8 Å². The second-order valence-corrected chi connectivity index (χ2v) is 8.01. The molecule has 0 saturated heterocycles. The SMILES string of the molecule is CC(C)Sc1ccc(C(C)NC(=O)NCC2(O)CCC2)cc1. The smallest absolute Gasteiger partial charge is 0.315 e. The van der Waals surface area contributed by atoms with Gasteiger partial charge in [-0.15, -0.1) is 11.8 Å². The minimum atomic E-state index is -0.684. The van der Waals surface area contributed by atoms with Crippen LogP contribution in [0.15, 0.2) is 29.2 Å². The van der Waals surface area contributed by atoms with E-state index in [4.69, 9.17) is 0 Å². The van der Waals surface area contributed by atoms with Gasteiger partial charge in [0.05, 0.1) is 11.6 Å². The highest BCUT2D eigenvalue weighted by atomic mass is 32.2. The van der Waals surface area contributed by atoms with Crippen molar-refractivity contribution < 1.29 is 9.90 Å². The number of rotatable bonds is 6. The number of thioether (sulfide) groups is 1. The molecule has 1 unspecified atom stereocenters. The van der Waals surface area contributed by atoms with E-state index in [1.54, 1.807) is 0 Å². The van der Waals surface area contributed by atoms with Gasteiger partial charge in [0.2, 0.25) is 0 Å². The van der Waals surface area contributed by atoms with Crippen LogP contribution in [-0.4, -0.2) is 28.5 Å². The molecule has 1 aliphatic carbocycles. The van der Waals surface area contributed by atoms with Gasteiger partial charge < -0.3 is 15.7 Å². The molecule has 2 rings (SSSR count). The number of carbonyl (C=O) groups excluding carboxylic acids is 1. The predicted octanol–water partition coefficient (Wildman–Crippen LogP) is 3.46. The van der Waals surface area contributed by atoms with Crippen molar-refractivity contribution in [2.75, 3.05) is 6.54 Å². The molecule has 0 aliphatic heterocycles. The van der Waals surface area contributed by atoms with Gasteiger partial charge >= 0.3 is 6.03 Å². The van der Waals surface area contributed by atoms with Crippen molar-refractivity contribution in [3.05, 3.63) is 29.8 Å². The zero-order valence-electron chi connectivity index (χ0n) is 13.6. The fraction of sp³-hybridized carbons (Fsp3) is 0.588. The summed E-state index contributed by atoms with van der Waals surface area (Å²) in [6, 6.07) is 7.99. The number of urea groups is 1. The van der Waals surface area contributed by atoms with Gasteiger partial charge in [-0.1, -0.05) is 26.0 Å². The highest BCUT2D eigenvalue weighted by molar-refractivity contribution is 7.99. The van der Waals surface area contributed by atoms with Crippen LogP contribution in [0, 0.1) is 0 Å². The highest BCUT2D eigenvalue weighted by Gasteiger charge is 2.34. The van der Waals surface area contributed by atoms with Crippen LogP contribution in [-0.2, 0) is 0 Å². The van der Waals surface area contributed by atoms with Crippen molar-refractivity contribution in [3.8, 4) is 0 Å². The Bertz CT molecular complexity index is 498. The van der Waals surface area contributed by atoms with Crippen LogP contribution in [0.1, 0.15) is 51.6 Å². The monoisotopic (exact) mass is 322 g/mol. The van der Waals surface area contributed by atoms with E-state index in [1.165, 1.54) is 4.90 Å². The van der Waals surface area contributed by atoms with E-state index in [0.29, 0.717) is 11.8 Å². The molecule has 0 aromatic heterocycles. The van der Waals surface area contributed by atoms with Crippen LogP contribution < -0.4 is 10.6 Å². The van der Waals surface area contributed by atoms with Crippen LogP contribution in [0.4, 0.5) is 4.79 Å². The molecule has 122 valence electrons. The lowest BCUT2D eigenvalue weighted by molar-refractivity contribution is -0.0290. The normalized spacial score (nSPS) is 17.7. The van der Waals surface area contributed by atoms with Gasteiger partial charge in [-0.3, -0.25) is 0 Å². The molecule has 3 N–H and O–H groups in total. The van der Waals surface area contributed by atoms with Crippen molar-refractivity contribution in [1.29, 1.82) is 0 Å². The van der Waals surface area contributed by atoms with Crippen LogP contribution >= 0.6 is 11.8 Å². The summed E-state index contributed by atoms with van der Waals surface area (Å²) < 4.78 is 0. The molecule has 22 heavy (non-hydrogen) atoms. The maximum Gasteiger partial charge on any atom is 0.315 e. The van der Waals surface area contributed by atoms with Crippen molar-refractivity contribution in [3.63, 3.8) is 0 Å². The van der Waals surface area contributed by atoms with Gasteiger partial charge in [0, 0.05) is 16.7 Å². The van der Waals surface area contributed by atoms with E-state index in [0.717, 1.165) is 24.8 Å². The van der Waals surface area contributed by atoms with Gasteiger partial charge in [0.1, 0.15) is 0 Å². The first-order valence-electron chi connectivity index (χ1n) is 7.91. The third kappa shape index (κ3) is 4.92. The maximum atomic E-state index is 11.9. The minimum absolute atomic E-state index is 0.0610. The van der Waals surface area contributed by atoms with Crippen molar-refractivity contribution in [1.82, 2.24) is 10.6 Å². The largest absolute Gasteiger partial charge is 0.388 e. The Morgan fingerprint density at radius 2 is 1.91 bits per heavy atom. The number of hydrogen-bond acceptors (Lipinski definition) is 3. The van der Waals surface area contributed by atoms with E-state index < -0.39 is 5.60 Å². The number of nitrogens with one attached hydrogen (secondary N) is 2. The molecule has 5 heteroatoms. The van der Waals surface area contributed by atoms with Gasteiger partial charge in [0.25, 0.3) is 0 Å². The summed E-state index contributed by atoms with van der Waals surface area (Å²) >= 11 is 1.83. The molecule has 1 aromatic carbocycles. The number of hydrogen-bond donors (Lipinski definition) is 3. The lowest BCUT2D eigenvalue weighted by atomic mass is 9.80. The summed E-state index contributed by atoms with van der Waals surface area (Å²) in [5.74, 6) is 0.